The van der Waals surface area contributed by atoms with Crippen molar-refractivity contribution >= 4 is 35.3 Å². The lowest BCUT2D eigenvalue weighted by Gasteiger charge is -2.09. The van der Waals surface area contributed by atoms with Gasteiger partial charge in [-0.2, -0.15) is 5.10 Å². The molecule has 27 heavy (non-hydrogen) atoms. The van der Waals surface area contributed by atoms with Gasteiger partial charge in [-0.25, -0.2) is 5.43 Å². The highest BCUT2D eigenvalue weighted by atomic mass is 35.5. The Kier molecular flexibility index (Phi) is 7.63. The maximum absolute atomic E-state index is 11.8. The molecule has 7 nitrogen and oxygen atoms in total. The molecule has 0 aromatic heterocycles. The fourth-order valence-electron chi connectivity index (χ4n) is 2.17. The summed E-state index contributed by atoms with van der Waals surface area (Å²) in [6.07, 6.45) is 1.45. The third kappa shape index (κ3) is 6.31. The number of carbonyl (C=O) groups excluding carboxylic acids is 2. The molecule has 8 heteroatoms. The van der Waals surface area contributed by atoms with Crippen molar-refractivity contribution in [1.29, 1.82) is 0 Å². The lowest BCUT2D eigenvalue weighted by Crippen LogP contribution is -2.20. The first-order valence-corrected chi connectivity index (χ1v) is 8.49. The van der Waals surface area contributed by atoms with Crippen molar-refractivity contribution in [1.82, 2.24) is 5.43 Å². The molecule has 2 rings (SSSR count). The zero-order valence-corrected chi connectivity index (χ0v) is 15.7. The van der Waals surface area contributed by atoms with Gasteiger partial charge in [-0.3, -0.25) is 9.59 Å². The summed E-state index contributed by atoms with van der Waals surface area (Å²) in [5.41, 5.74) is 3.60. The van der Waals surface area contributed by atoms with Gasteiger partial charge < -0.3 is 14.8 Å². The summed E-state index contributed by atoms with van der Waals surface area (Å²) >= 11 is 6.14. The number of benzene rings is 2. The van der Waals surface area contributed by atoms with Crippen LogP contribution in [0.25, 0.3) is 0 Å². The molecule has 0 saturated heterocycles. The number of nitrogens with one attached hydrogen (secondary N) is 2. The SMILES string of the molecule is COc1cc(Cl)c(/C=N/NC(=O)CCC(=O)Nc2ccccc2)cc1OC. The molecule has 0 radical (unpaired) electrons. The van der Waals surface area contributed by atoms with Gasteiger partial charge in [0.2, 0.25) is 11.8 Å². The number of carbonyl (C=O) groups is 2. The van der Waals surface area contributed by atoms with Gasteiger partial charge in [0, 0.05) is 30.2 Å². The van der Waals surface area contributed by atoms with Crippen LogP contribution in [0.2, 0.25) is 5.02 Å². The van der Waals surface area contributed by atoms with Crippen molar-refractivity contribution < 1.29 is 19.1 Å². The molecule has 142 valence electrons. The van der Waals surface area contributed by atoms with Gasteiger partial charge in [0.05, 0.1) is 25.5 Å². The molecule has 0 atom stereocenters. The Balaban J connectivity index is 1.83. The monoisotopic (exact) mass is 389 g/mol. The molecule has 2 aromatic carbocycles. The molecule has 0 unspecified atom stereocenters. The number of amides is 2. The van der Waals surface area contributed by atoms with Crippen LogP contribution in [0.4, 0.5) is 5.69 Å². The molecule has 2 amide bonds. The summed E-state index contributed by atoms with van der Waals surface area (Å²) in [5.74, 6) is 0.356. The van der Waals surface area contributed by atoms with Gasteiger partial charge in [0.15, 0.2) is 11.5 Å². The number of rotatable bonds is 8. The minimum atomic E-state index is -0.383. The van der Waals surface area contributed by atoms with Crippen molar-refractivity contribution in [2.45, 2.75) is 12.8 Å². The average molecular weight is 390 g/mol. The number of hydrogen-bond acceptors (Lipinski definition) is 5. The van der Waals surface area contributed by atoms with E-state index in [0.717, 1.165) is 0 Å². The summed E-state index contributed by atoms with van der Waals surface area (Å²) in [4.78, 5) is 23.6. The minimum absolute atomic E-state index is 0.00960. The van der Waals surface area contributed by atoms with Gasteiger partial charge in [-0.05, 0) is 18.2 Å². The predicted octanol–water partition coefficient (Wildman–Crippen LogP) is 3.23. The Morgan fingerprint density at radius 2 is 1.67 bits per heavy atom. The molecule has 0 bridgehead atoms. The Morgan fingerprint density at radius 3 is 2.33 bits per heavy atom. The van der Waals surface area contributed by atoms with E-state index < -0.39 is 0 Å². The fourth-order valence-corrected chi connectivity index (χ4v) is 2.37. The molecule has 0 heterocycles. The molecule has 0 fully saturated rings. The Labute approximate surface area is 162 Å². The van der Waals surface area contributed by atoms with Crippen LogP contribution in [0.5, 0.6) is 11.5 Å². The number of hydrazone groups is 1. The zero-order chi connectivity index (χ0) is 19.6. The van der Waals surface area contributed by atoms with Crippen LogP contribution >= 0.6 is 11.6 Å². The third-order valence-electron chi connectivity index (χ3n) is 3.53. The second kappa shape index (κ2) is 10.2. The van der Waals surface area contributed by atoms with Crippen LogP contribution in [0.1, 0.15) is 18.4 Å². The Morgan fingerprint density at radius 1 is 1.04 bits per heavy atom. The molecule has 0 spiro atoms. The Hall–Kier alpha value is -3.06. The van der Waals surface area contributed by atoms with Crippen molar-refractivity contribution in [2.75, 3.05) is 19.5 Å². The molecule has 0 saturated carbocycles. The van der Waals surface area contributed by atoms with Crippen LogP contribution in [0.15, 0.2) is 47.6 Å². The second-order valence-electron chi connectivity index (χ2n) is 5.44. The highest BCUT2D eigenvalue weighted by molar-refractivity contribution is 6.33. The number of anilines is 1. The van der Waals surface area contributed by atoms with Gasteiger partial charge in [-0.15, -0.1) is 0 Å². The van der Waals surface area contributed by atoms with Crippen LogP contribution < -0.4 is 20.2 Å². The van der Waals surface area contributed by atoms with E-state index in [1.807, 2.05) is 18.2 Å². The third-order valence-corrected chi connectivity index (χ3v) is 3.86. The first kappa shape index (κ1) is 20.3. The van der Waals surface area contributed by atoms with Crippen molar-refractivity contribution in [3.63, 3.8) is 0 Å². The normalized spacial score (nSPS) is 10.5. The lowest BCUT2D eigenvalue weighted by atomic mass is 10.2. The van der Waals surface area contributed by atoms with E-state index >= 15 is 0 Å². The minimum Gasteiger partial charge on any atom is -0.493 e. The quantitative estimate of drug-likeness (QED) is 0.536. The molecule has 2 N–H and O–H groups in total. The summed E-state index contributed by atoms with van der Waals surface area (Å²) in [6, 6.07) is 12.3. The standard InChI is InChI=1S/C19H20ClN3O4/c1-26-16-10-13(15(20)11-17(16)27-2)12-21-23-19(25)9-8-18(24)22-14-6-4-3-5-7-14/h3-7,10-12H,8-9H2,1-2H3,(H,22,24)(H,23,25)/b21-12+. The summed E-state index contributed by atoms with van der Waals surface area (Å²) in [6.45, 7) is 0. The zero-order valence-electron chi connectivity index (χ0n) is 15.0. The van der Waals surface area contributed by atoms with Crippen LogP contribution in [0, 0.1) is 0 Å². The molecule has 0 aliphatic heterocycles. The lowest BCUT2D eigenvalue weighted by molar-refractivity contribution is -0.124. The fraction of sp³-hybridized carbons (Fsp3) is 0.211. The second-order valence-corrected chi connectivity index (χ2v) is 5.84. The highest BCUT2D eigenvalue weighted by Gasteiger charge is 2.09. The molecular weight excluding hydrogens is 370 g/mol. The van der Waals surface area contributed by atoms with Crippen molar-refractivity contribution in [2.24, 2.45) is 5.10 Å². The average Bonchev–Trinajstić information content (AvgIpc) is 2.68. The van der Waals surface area contributed by atoms with Crippen molar-refractivity contribution in [3.05, 3.63) is 53.1 Å². The van der Waals surface area contributed by atoms with Gasteiger partial charge in [0.1, 0.15) is 0 Å². The molecule has 0 aliphatic carbocycles. The highest BCUT2D eigenvalue weighted by Crippen LogP contribution is 2.32. The number of para-hydroxylation sites is 1. The van der Waals surface area contributed by atoms with E-state index in [-0.39, 0.29) is 24.7 Å². The van der Waals surface area contributed by atoms with Gasteiger partial charge in [0.25, 0.3) is 0 Å². The summed E-state index contributed by atoms with van der Waals surface area (Å²) in [7, 11) is 3.02. The van der Waals surface area contributed by atoms with E-state index in [0.29, 0.717) is 27.8 Å². The van der Waals surface area contributed by atoms with Crippen LogP contribution in [-0.4, -0.2) is 32.2 Å². The maximum atomic E-state index is 11.8. The summed E-state index contributed by atoms with van der Waals surface area (Å²) < 4.78 is 10.3. The number of hydrogen-bond donors (Lipinski definition) is 2. The first-order chi connectivity index (χ1) is 13.0. The number of nitrogens with zero attached hydrogens (tertiary/aromatic N) is 1. The van der Waals surface area contributed by atoms with Gasteiger partial charge >= 0.3 is 0 Å². The van der Waals surface area contributed by atoms with E-state index in [4.69, 9.17) is 21.1 Å². The summed E-state index contributed by atoms with van der Waals surface area (Å²) in [5, 5.41) is 6.96. The predicted molar refractivity (Wildman–Crippen MR) is 105 cm³/mol. The largest absolute Gasteiger partial charge is 0.493 e. The molecule has 2 aromatic rings. The molecular formula is C19H20ClN3O4. The smallest absolute Gasteiger partial charge is 0.240 e. The topological polar surface area (TPSA) is 89.0 Å². The van der Waals surface area contributed by atoms with Crippen LogP contribution in [-0.2, 0) is 9.59 Å². The van der Waals surface area contributed by atoms with E-state index in [9.17, 15) is 9.59 Å². The van der Waals surface area contributed by atoms with E-state index in [2.05, 4.69) is 15.8 Å². The van der Waals surface area contributed by atoms with E-state index in [1.54, 1.807) is 24.3 Å². The first-order valence-electron chi connectivity index (χ1n) is 8.11. The number of halogens is 1. The number of methoxy groups -OCH3 is 2. The Bertz CT molecular complexity index is 825. The molecule has 0 aliphatic rings. The number of ether oxygens (including phenoxy) is 2. The van der Waals surface area contributed by atoms with Gasteiger partial charge in [-0.1, -0.05) is 29.8 Å². The maximum Gasteiger partial charge on any atom is 0.240 e. The van der Waals surface area contributed by atoms with E-state index in [1.165, 1.54) is 20.4 Å². The van der Waals surface area contributed by atoms with Crippen LogP contribution in [0.3, 0.4) is 0 Å². The van der Waals surface area contributed by atoms with Crippen molar-refractivity contribution in [3.8, 4) is 11.5 Å².